The first-order valence-electron chi connectivity index (χ1n) is 9.26. The molecule has 1 aliphatic heterocycles. The third kappa shape index (κ3) is 2.74. The zero-order valence-electron chi connectivity index (χ0n) is 15.9. The molecule has 0 aromatic heterocycles. The van der Waals surface area contributed by atoms with E-state index >= 15 is 0 Å². The maximum Gasteiger partial charge on any atom is 0.261 e. The largest absolute Gasteiger partial charge is 0.280 e. The van der Waals surface area contributed by atoms with E-state index in [1.807, 2.05) is 30.3 Å². The van der Waals surface area contributed by atoms with Crippen molar-refractivity contribution in [3.63, 3.8) is 0 Å². The minimum atomic E-state index is -3.95. The summed E-state index contributed by atoms with van der Waals surface area (Å²) in [6, 6.07) is 20.8. The van der Waals surface area contributed by atoms with Gasteiger partial charge in [-0.15, -0.1) is 0 Å². The molecule has 0 saturated carbocycles. The van der Waals surface area contributed by atoms with Gasteiger partial charge in [-0.2, -0.15) is 0 Å². The number of benzene rings is 4. The summed E-state index contributed by atoms with van der Waals surface area (Å²) >= 11 is 0. The second-order valence-corrected chi connectivity index (χ2v) is 8.89. The second-order valence-electron chi connectivity index (χ2n) is 7.21. The summed E-state index contributed by atoms with van der Waals surface area (Å²) in [5, 5.41) is 2.92. The van der Waals surface area contributed by atoms with Crippen molar-refractivity contribution in [1.29, 1.82) is 0 Å². The van der Waals surface area contributed by atoms with Crippen LogP contribution in [-0.2, 0) is 10.0 Å². The summed E-state index contributed by atoms with van der Waals surface area (Å²) in [5.74, 6) is -0.922. The van der Waals surface area contributed by atoms with Crippen molar-refractivity contribution in [2.75, 3.05) is 11.8 Å². The van der Waals surface area contributed by atoms with Crippen LogP contribution in [0, 0.1) is 0 Å². The topological polar surface area (TPSA) is 83.6 Å². The summed E-state index contributed by atoms with van der Waals surface area (Å²) in [6.07, 6.45) is 0. The Morgan fingerprint density at radius 3 is 2.23 bits per heavy atom. The number of amides is 2. The highest BCUT2D eigenvalue weighted by molar-refractivity contribution is 7.92. The molecule has 1 heterocycles. The Hall–Kier alpha value is -3.71. The van der Waals surface area contributed by atoms with Gasteiger partial charge >= 0.3 is 0 Å². The van der Waals surface area contributed by atoms with Crippen molar-refractivity contribution >= 4 is 49.1 Å². The van der Waals surface area contributed by atoms with Crippen molar-refractivity contribution in [2.24, 2.45) is 0 Å². The van der Waals surface area contributed by atoms with E-state index < -0.39 is 21.8 Å². The molecule has 7 heteroatoms. The molecule has 4 aromatic rings. The van der Waals surface area contributed by atoms with Crippen molar-refractivity contribution in [3.8, 4) is 0 Å². The zero-order valence-corrected chi connectivity index (χ0v) is 16.7. The van der Waals surface area contributed by atoms with E-state index in [0.717, 1.165) is 15.7 Å². The lowest BCUT2D eigenvalue weighted by Gasteiger charge is -2.24. The van der Waals surface area contributed by atoms with Crippen molar-refractivity contribution in [3.05, 3.63) is 83.9 Å². The molecule has 148 valence electrons. The van der Waals surface area contributed by atoms with E-state index in [2.05, 4.69) is 4.72 Å². The number of rotatable bonds is 3. The molecule has 0 saturated heterocycles. The van der Waals surface area contributed by atoms with Gasteiger partial charge in [-0.3, -0.25) is 19.2 Å². The monoisotopic (exact) mass is 416 g/mol. The van der Waals surface area contributed by atoms with E-state index in [4.69, 9.17) is 0 Å². The minimum Gasteiger partial charge on any atom is -0.280 e. The Morgan fingerprint density at radius 2 is 1.43 bits per heavy atom. The lowest BCUT2D eigenvalue weighted by molar-refractivity contribution is 0.0650. The zero-order chi connectivity index (χ0) is 21.0. The first kappa shape index (κ1) is 18.3. The minimum absolute atomic E-state index is 0.0357. The molecule has 0 unspecified atom stereocenters. The third-order valence-electron chi connectivity index (χ3n) is 5.33. The van der Waals surface area contributed by atoms with Gasteiger partial charge in [-0.25, -0.2) is 8.42 Å². The number of anilines is 1. The summed E-state index contributed by atoms with van der Waals surface area (Å²) in [6.45, 7) is 0. The third-order valence-corrected chi connectivity index (χ3v) is 6.69. The van der Waals surface area contributed by atoms with Crippen LogP contribution in [0.4, 0.5) is 5.69 Å². The van der Waals surface area contributed by atoms with E-state index in [1.54, 1.807) is 30.3 Å². The maximum atomic E-state index is 13.1. The van der Waals surface area contributed by atoms with Crippen LogP contribution in [0.1, 0.15) is 20.7 Å². The van der Waals surface area contributed by atoms with E-state index in [1.165, 1.54) is 19.2 Å². The van der Waals surface area contributed by atoms with Gasteiger partial charge < -0.3 is 0 Å². The lowest BCUT2D eigenvalue weighted by Crippen LogP contribution is -2.37. The summed E-state index contributed by atoms with van der Waals surface area (Å²) in [4.78, 5) is 26.1. The molecule has 5 rings (SSSR count). The Balaban J connectivity index is 1.63. The molecule has 0 spiro atoms. The van der Waals surface area contributed by atoms with E-state index in [-0.39, 0.29) is 10.5 Å². The van der Waals surface area contributed by atoms with E-state index in [0.29, 0.717) is 22.0 Å². The van der Waals surface area contributed by atoms with Crippen molar-refractivity contribution in [2.45, 2.75) is 4.90 Å². The number of hydrogen-bond acceptors (Lipinski definition) is 4. The number of nitrogens with one attached hydrogen (secondary N) is 1. The van der Waals surface area contributed by atoms with Gasteiger partial charge in [-0.1, -0.05) is 42.5 Å². The normalized spacial score (nSPS) is 13.8. The maximum absolute atomic E-state index is 13.1. The average Bonchev–Trinajstić information content (AvgIpc) is 2.75. The Kier molecular flexibility index (Phi) is 3.91. The molecule has 0 aliphatic carbocycles. The molecule has 0 radical (unpaired) electrons. The summed E-state index contributed by atoms with van der Waals surface area (Å²) in [7, 11) is -2.57. The average molecular weight is 416 g/mol. The SMILES string of the molecule is CN1C(=O)c2cccc3cc(S(=O)(=O)Nc4ccc5ccccc5c4)cc(c23)C1=O. The van der Waals surface area contributed by atoms with Gasteiger partial charge in [0.25, 0.3) is 21.8 Å². The molecule has 0 bridgehead atoms. The molecule has 2 amide bonds. The summed E-state index contributed by atoms with van der Waals surface area (Å²) < 4.78 is 28.8. The molecule has 30 heavy (non-hydrogen) atoms. The van der Waals surface area contributed by atoms with Crippen molar-refractivity contribution in [1.82, 2.24) is 4.90 Å². The lowest BCUT2D eigenvalue weighted by atomic mass is 9.94. The highest BCUT2D eigenvalue weighted by atomic mass is 32.2. The van der Waals surface area contributed by atoms with Gasteiger partial charge in [0.2, 0.25) is 0 Å². The Morgan fingerprint density at radius 1 is 0.733 bits per heavy atom. The van der Waals surface area contributed by atoms with Gasteiger partial charge in [0, 0.05) is 29.2 Å². The number of nitrogens with zero attached hydrogens (tertiary/aromatic N) is 1. The van der Waals surface area contributed by atoms with Gasteiger partial charge in [0.05, 0.1) is 4.90 Å². The van der Waals surface area contributed by atoms with Crippen LogP contribution in [0.15, 0.2) is 77.7 Å². The number of hydrogen-bond donors (Lipinski definition) is 1. The number of fused-ring (bicyclic) bond motifs is 1. The number of imide groups is 1. The predicted molar refractivity (Wildman–Crippen MR) is 115 cm³/mol. The quantitative estimate of drug-likeness (QED) is 0.511. The van der Waals surface area contributed by atoms with Crippen LogP contribution in [-0.4, -0.2) is 32.2 Å². The van der Waals surface area contributed by atoms with Crippen LogP contribution in [0.5, 0.6) is 0 Å². The molecule has 0 fully saturated rings. The molecule has 1 aliphatic rings. The fourth-order valence-corrected chi connectivity index (χ4v) is 4.93. The summed E-state index contributed by atoms with van der Waals surface area (Å²) in [5.41, 5.74) is 1.01. The predicted octanol–water partition coefficient (Wildman–Crippen LogP) is 4.02. The highest BCUT2D eigenvalue weighted by Gasteiger charge is 2.31. The van der Waals surface area contributed by atoms with Gasteiger partial charge in [0.1, 0.15) is 0 Å². The number of carbonyl (C=O) groups excluding carboxylic acids is 2. The molecule has 1 N–H and O–H groups in total. The Labute approximate surface area is 172 Å². The van der Waals surface area contributed by atoms with Crippen LogP contribution < -0.4 is 4.72 Å². The standard InChI is InChI=1S/C23H16N2O4S/c1-25-22(26)19-8-4-7-16-12-18(13-20(21(16)19)23(25)27)30(28,29)24-17-10-9-14-5-2-3-6-15(14)11-17/h2-13,24H,1H3. The first-order valence-corrected chi connectivity index (χ1v) is 10.7. The van der Waals surface area contributed by atoms with Crippen molar-refractivity contribution < 1.29 is 18.0 Å². The first-order chi connectivity index (χ1) is 14.3. The molecular formula is C23H16N2O4S. The smallest absolute Gasteiger partial charge is 0.261 e. The van der Waals surface area contributed by atoms with Gasteiger partial charge in [-0.05, 0) is 46.5 Å². The molecular weight excluding hydrogens is 400 g/mol. The number of sulfonamides is 1. The molecule has 6 nitrogen and oxygen atoms in total. The second kappa shape index (κ2) is 6.40. The fourth-order valence-electron chi connectivity index (χ4n) is 3.82. The van der Waals surface area contributed by atoms with Crippen LogP contribution >= 0.6 is 0 Å². The number of carbonyl (C=O) groups is 2. The van der Waals surface area contributed by atoms with Crippen LogP contribution in [0.3, 0.4) is 0 Å². The van der Waals surface area contributed by atoms with E-state index in [9.17, 15) is 18.0 Å². The fraction of sp³-hybridized carbons (Fsp3) is 0.0435. The highest BCUT2D eigenvalue weighted by Crippen LogP contribution is 2.32. The van der Waals surface area contributed by atoms with Crippen LogP contribution in [0.2, 0.25) is 0 Å². The van der Waals surface area contributed by atoms with Gasteiger partial charge in [0.15, 0.2) is 0 Å². The molecule has 0 atom stereocenters. The molecule has 4 aromatic carbocycles. The Bertz CT molecular complexity index is 1490. The van der Waals surface area contributed by atoms with Crippen LogP contribution in [0.25, 0.3) is 21.5 Å².